The highest BCUT2D eigenvalue weighted by atomic mass is 19.1. The van der Waals surface area contributed by atoms with Crippen molar-refractivity contribution in [2.24, 2.45) is 7.05 Å². The molecule has 4 heterocycles. The molecule has 8 nitrogen and oxygen atoms in total. The number of amides is 1. The van der Waals surface area contributed by atoms with E-state index in [4.69, 9.17) is 4.74 Å². The number of nitrogens with one attached hydrogen (secondary N) is 1. The minimum absolute atomic E-state index is 0.0611. The molecule has 5 rings (SSSR count). The predicted octanol–water partition coefficient (Wildman–Crippen LogP) is 2.48. The maximum absolute atomic E-state index is 14.9. The Morgan fingerprint density at radius 1 is 1.26 bits per heavy atom. The molecule has 0 bridgehead atoms. The van der Waals surface area contributed by atoms with Gasteiger partial charge in [0.1, 0.15) is 17.3 Å². The van der Waals surface area contributed by atoms with Gasteiger partial charge in [0.25, 0.3) is 5.91 Å². The number of hydrogen-bond acceptors (Lipinski definition) is 5. The van der Waals surface area contributed by atoms with Gasteiger partial charge >= 0.3 is 0 Å². The van der Waals surface area contributed by atoms with Gasteiger partial charge in [-0.25, -0.2) is 13.8 Å². The SMILES string of the molecule is Cn1ccc(-c2cc(F)c(Cc3cc(C(=O)N[C@H]4CCOC[C@@H]4O)c4nccn4c3)c(F)c2)n1. The Morgan fingerprint density at radius 2 is 2.06 bits per heavy atom. The van der Waals surface area contributed by atoms with Crippen LogP contribution >= 0.6 is 0 Å². The Balaban J connectivity index is 1.45. The third kappa shape index (κ3) is 4.29. The molecule has 1 aliphatic heterocycles. The maximum atomic E-state index is 14.9. The van der Waals surface area contributed by atoms with Gasteiger partial charge in [-0.1, -0.05) is 0 Å². The van der Waals surface area contributed by atoms with Crippen LogP contribution < -0.4 is 5.32 Å². The summed E-state index contributed by atoms with van der Waals surface area (Å²) in [6.07, 6.45) is 6.21. The van der Waals surface area contributed by atoms with Crippen molar-refractivity contribution in [2.45, 2.75) is 25.0 Å². The fourth-order valence-corrected chi connectivity index (χ4v) is 4.19. The summed E-state index contributed by atoms with van der Waals surface area (Å²) < 4.78 is 38.3. The summed E-state index contributed by atoms with van der Waals surface area (Å²) in [4.78, 5) is 17.3. The molecule has 3 aromatic heterocycles. The molecule has 0 unspecified atom stereocenters. The summed E-state index contributed by atoms with van der Waals surface area (Å²) in [6, 6.07) is 5.33. The number of aliphatic hydroxyl groups is 1. The number of ether oxygens (including phenoxy) is 1. The van der Waals surface area contributed by atoms with Crippen molar-refractivity contribution in [2.75, 3.05) is 13.2 Å². The van der Waals surface area contributed by atoms with Crippen molar-refractivity contribution in [1.82, 2.24) is 24.5 Å². The van der Waals surface area contributed by atoms with E-state index in [0.717, 1.165) is 0 Å². The summed E-state index contributed by atoms with van der Waals surface area (Å²) in [5.41, 5.74) is 1.92. The molecule has 1 fully saturated rings. The average Bonchev–Trinajstić information content (AvgIpc) is 3.46. The van der Waals surface area contributed by atoms with E-state index < -0.39 is 29.7 Å². The lowest BCUT2D eigenvalue weighted by atomic mass is 10.0. The van der Waals surface area contributed by atoms with E-state index in [1.807, 2.05) is 0 Å². The molecule has 2 atom stereocenters. The molecule has 1 amide bonds. The molecule has 10 heteroatoms. The van der Waals surface area contributed by atoms with E-state index >= 15 is 0 Å². The van der Waals surface area contributed by atoms with Crippen LogP contribution in [-0.4, -0.2) is 55.5 Å². The second-order valence-electron chi connectivity index (χ2n) is 8.40. The summed E-state index contributed by atoms with van der Waals surface area (Å²) in [7, 11) is 1.73. The second kappa shape index (κ2) is 8.96. The van der Waals surface area contributed by atoms with Crippen LogP contribution in [0.5, 0.6) is 0 Å². The van der Waals surface area contributed by atoms with Gasteiger partial charge in [-0.3, -0.25) is 9.48 Å². The molecule has 1 saturated heterocycles. The average molecular weight is 467 g/mol. The fourth-order valence-electron chi connectivity index (χ4n) is 4.19. The topological polar surface area (TPSA) is 93.7 Å². The van der Waals surface area contributed by atoms with Crippen molar-refractivity contribution in [3.8, 4) is 11.3 Å². The summed E-state index contributed by atoms with van der Waals surface area (Å²) in [5.74, 6) is -1.80. The van der Waals surface area contributed by atoms with Crippen LogP contribution in [0.25, 0.3) is 16.9 Å². The van der Waals surface area contributed by atoms with Gasteiger partial charge in [0, 0.05) is 56.0 Å². The number of aryl methyl sites for hydroxylation is 1. The molecule has 2 N–H and O–H groups in total. The van der Waals surface area contributed by atoms with Crippen LogP contribution in [0, 0.1) is 11.6 Å². The zero-order valence-electron chi connectivity index (χ0n) is 18.4. The number of rotatable bonds is 5. The fraction of sp³-hybridized carbons (Fsp3) is 0.292. The van der Waals surface area contributed by atoms with Crippen LogP contribution in [0.1, 0.15) is 27.9 Å². The van der Waals surface area contributed by atoms with E-state index in [9.17, 15) is 18.7 Å². The van der Waals surface area contributed by atoms with Crippen molar-refractivity contribution >= 4 is 11.6 Å². The minimum Gasteiger partial charge on any atom is -0.389 e. The van der Waals surface area contributed by atoms with Gasteiger partial charge in [-0.2, -0.15) is 5.10 Å². The second-order valence-corrected chi connectivity index (χ2v) is 8.40. The lowest BCUT2D eigenvalue weighted by Crippen LogP contribution is -2.48. The Hall–Kier alpha value is -3.63. The molecule has 176 valence electrons. The Morgan fingerprint density at radius 3 is 2.76 bits per heavy atom. The van der Waals surface area contributed by atoms with Crippen LogP contribution in [0.15, 0.2) is 49.1 Å². The first kappa shape index (κ1) is 22.2. The van der Waals surface area contributed by atoms with Crippen LogP contribution in [0.4, 0.5) is 8.78 Å². The first-order chi connectivity index (χ1) is 16.4. The maximum Gasteiger partial charge on any atom is 0.255 e. The molecule has 0 saturated carbocycles. The number of nitrogens with zero attached hydrogens (tertiary/aromatic N) is 4. The van der Waals surface area contributed by atoms with Crippen LogP contribution in [0.3, 0.4) is 0 Å². The summed E-state index contributed by atoms with van der Waals surface area (Å²) in [6.45, 7) is 0.588. The molecule has 1 aliphatic rings. The van der Waals surface area contributed by atoms with Gasteiger partial charge in [-0.15, -0.1) is 0 Å². The first-order valence-electron chi connectivity index (χ1n) is 10.9. The zero-order valence-corrected chi connectivity index (χ0v) is 18.4. The number of hydrogen-bond donors (Lipinski definition) is 2. The highest BCUT2D eigenvalue weighted by Gasteiger charge is 2.27. The molecule has 1 aromatic carbocycles. The largest absolute Gasteiger partial charge is 0.389 e. The van der Waals surface area contributed by atoms with E-state index in [1.54, 1.807) is 53.1 Å². The molecular formula is C24H23F2N5O3. The van der Waals surface area contributed by atoms with Gasteiger partial charge < -0.3 is 19.6 Å². The number of carbonyl (C=O) groups is 1. The molecule has 34 heavy (non-hydrogen) atoms. The molecule has 0 radical (unpaired) electrons. The van der Waals surface area contributed by atoms with E-state index in [0.29, 0.717) is 35.5 Å². The predicted molar refractivity (Wildman–Crippen MR) is 119 cm³/mol. The van der Waals surface area contributed by atoms with Gasteiger partial charge in [0.15, 0.2) is 0 Å². The van der Waals surface area contributed by atoms with Crippen molar-refractivity contribution < 1.29 is 23.4 Å². The molecule has 0 aliphatic carbocycles. The number of fused-ring (bicyclic) bond motifs is 1. The van der Waals surface area contributed by atoms with E-state index in [2.05, 4.69) is 15.4 Å². The molecule has 4 aromatic rings. The van der Waals surface area contributed by atoms with E-state index in [-0.39, 0.29) is 24.2 Å². The van der Waals surface area contributed by atoms with Crippen molar-refractivity contribution in [3.05, 3.63) is 77.4 Å². The normalized spacial score (nSPS) is 18.4. The quantitative estimate of drug-likeness (QED) is 0.471. The number of carbonyl (C=O) groups excluding carboxylic acids is 1. The highest BCUT2D eigenvalue weighted by Crippen LogP contribution is 2.26. The lowest BCUT2D eigenvalue weighted by molar-refractivity contribution is -0.0260. The number of benzene rings is 1. The van der Waals surface area contributed by atoms with Crippen LogP contribution in [-0.2, 0) is 18.2 Å². The summed E-state index contributed by atoms with van der Waals surface area (Å²) in [5, 5.41) is 17.1. The number of aliphatic hydroxyl groups excluding tert-OH is 1. The lowest BCUT2D eigenvalue weighted by Gasteiger charge is -2.28. The summed E-state index contributed by atoms with van der Waals surface area (Å²) >= 11 is 0. The Labute approximate surface area is 193 Å². The van der Waals surface area contributed by atoms with Gasteiger partial charge in [0.05, 0.1) is 30.0 Å². The standard InChI is InChI=1S/C24H23F2N5O3/c1-30-5-2-20(29-30)15-10-18(25)16(19(26)11-15)8-14-9-17(23-27-4-6-31(23)12-14)24(33)28-21-3-7-34-13-22(21)32/h2,4-6,9-12,21-22,32H,3,7-8,13H2,1H3,(H,28,33)/t21-,22-/m0/s1. The monoisotopic (exact) mass is 467 g/mol. The highest BCUT2D eigenvalue weighted by molar-refractivity contribution is 6.00. The van der Waals surface area contributed by atoms with E-state index in [1.165, 1.54) is 12.1 Å². The molecular weight excluding hydrogens is 444 g/mol. The Bertz CT molecular complexity index is 1340. The van der Waals surface area contributed by atoms with Crippen molar-refractivity contribution in [3.63, 3.8) is 0 Å². The minimum atomic E-state index is -0.808. The van der Waals surface area contributed by atoms with Crippen molar-refractivity contribution in [1.29, 1.82) is 0 Å². The van der Waals surface area contributed by atoms with Crippen LogP contribution in [0.2, 0.25) is 0 Å². The number of pyridine rings is 1. The molecule has 0 spiro atoms. The first-order valence-corrected chi connectivity index (χ1v) is 10.9. The number of imidazole rings is 1. The van der Waals surface area contributed by atoms with Gasteiger partial charge in [0.2, 0.25) is 0 Å². The Kier molecular flexibility index (Phi) is 5.84. The third-order valence-corrected chi connectivity index (χ3v) is 5.96. The smallest absolute Gasteiger partial charge is 0.255 e. The number of halogens is 2. The van der Waals surface area contributed by atoms with Gasteiger partial charge in [-0.05, 0) is 36.2 Å². The number of aromatic nitrogens is 4. The third-order valence-electron chi connectivity index (χ3n) is 5.96. The zero-order chi connectivity index (χ0) is 23.8.